The van der Waals surface area contributed by atoms with Crippen LogP contribution in [0.5, 0.6) is 0 Å². The summed E-state index contributed by atoms with van der Waals surface area (Å²) in [5, 5.41) is 8.29. The number of carboxylic acids is 1. The van der Waals surface area contributed by atoms with Crippen LogP contribution in [0.4, 0.5) is 0 Å². The summed E-state index contributed by atoms with van der Waals surface area (Å²) >= 11 is 0. The van der Waals surface area contributed by atoms with Crippen LogP contribution in [0.15, 0.2) is 0 Å². The van der Waals surface area contributed by atoms with Crippen LogP contribution in [0.2, 0.25) is 0 Å². The molecule has 7 nitrogen and oxygen atoms in total. The molecule has 0 aliphatic carbocycles. The third-order valence-electron chi connectivity index (χ3n) is 1.77. The third kappa shape index (κ3) is 15.3. The first kappa shape index (κ1) is 17.3. The summed E-state index contributed by atoms with van der Waals surface area (Å²) in [6.07, 6.45) is 0. The number of hydrogen-bond donors (Lipinski definition) is 1. The number of carbonyl (C=O) groups is 1. The van der Waals surface area contributed by atoms with Gasteiger partial charge in [-0.15, -0.1) is 0 Å². The van der Waals surface area contributed by atoms with Crippen LogP contribution in [-0.2, 0) is 28.5 Å². The molecule has 0 heterocycles. The Hall–Kier alpha value is -0.730. The molecular weight excluding hydrogens is 244 g/mol. The van der Waals surface area contributed by atoms with Gasteiger partial charge in [-0.1, -0.05) is 0 Å². The monoisotopic (exact) mass is 266 g/mol. The molecule has 0 aromatic rings. The van der Waals surface area contributed by atoms with E-state index in [1.807, 2.05) is 0 Å². The van der Waals surface area contributed by atoms with Crippen LogP contribution >= 0.6 is 0 Å². The maximum atomic E-state index is 10.1. The van der Waals surface area contributed by atoms with Gasteiger partial charge in [0.05, 0.1) is 52.9 Å². The number of methoxy groups -OCH3 is 1. The van der Waals surface area contributed by atoms with Crippen LogP contribution in [0.25, 0.3) is 0 Å². The van der Waals surface area contributed by atoms with Crippen molar-refractivity contribution in [1.82, 2.24) is 0 Å². The molecule has 0 aromatic carbocycles. The summed E-state index contributed by atoms with van der Waals surface area (Å²) in [6.45, 7) is 3.47. The molecule has 0 aromatic heterocycles. The first-order valence-corrected chi connectivity index (χ1v) is 5.79. The minimum Gasteiger partial charge on any atom is -0.480 e. The second-order valence-electron chi connectivity index (χ2n) is 3.28. The molecular formula is C11H22O7. The molecule has 0 rings (SSSR count). The van der Waals surface area contributed by atoms with Crippen molar-refractivity contribution in [3.05, 3.63) is 0 Å². The van der Waals surface area contributed by atoms with Crippen LogP contribution in [0.3, 0.4) is 0 Å². The SMILES string of the molecule is COCCOCCOCCOCCOCC(=O)O. The van der Waals surface area contributed by atoms with Gasteiger partial charge < -0.3 is 28.8 Å². The van der Waals surface area contributed by atoms with E-state index in [-0.39, 0.29) is 13.2 Å². The molecule has 0 saturated heterocycles. The summed E-state index contributed by atoms with van der Waals surface area (Å²) in [5.41, 5.74) is 0. The van der Waals surface area contributed by atoms with Crippen LogP contribution < -0.4 is 0 Å². The number of hydrogen-bond acceptors (Lipinski definition) is 6. The summed E-state index contributed by atoms with van der Waals surface area (Å²) in [4.78, 5) is 10.1. The van der Waals surface area contributed by atoms with Crippen molar-refractivity contribution in [3.8, 4) is 0 Å². The highest BCUT2D eigenvalue weighted by Crippen LogP contribution is 1.83. The molecule has 18 heavy (non-hydrogen) atoms. The van der Waals surface area contributed by atoms with Gasteiger partial charge in [0, 0.05) is 7.11 Å². The molecule has 108 valence electrons. The molecule has 0 aliphatic heterocycles. The van der Waals surface area contributed by atoms with E-state index < -0.39 is 5.97 Å². The lowest BCUT2D eigenvalue weighted by molar-refractivity contribution is -0.142. The van der Waals surface area contributed by atoms with Gasteiger partial charge in [0.15, 0.2) is 0 Å². The Morgan fingerprint density at radius 3 is 1.56 bits per heavy atom. The highest BCUT2D eigenvalue weighted by atomic mass is 16.6. The Bertz CT molecular complexity index is 186. The average molecular weight is 266 g/mol. The van der Waals surface area contributed by atoms with E-state index in [2.05, 4.69) is 0 Å². The lowest BCUT2D eigenvalue weighted by Crippen LogP contribution is -2.14. The fourth-order valence-electron chi connectivity index (χ4n) is 0.961. The summed E-state index contributed by atoms with van der Waals surface area (Å²) in [7, 11) is 1.62. The van der Waals surface area contributed by atoms with Crippen molar-refractivity contribution in [2.24, 2.45) is 0 Å². The Labute approximate surface area is 107 Å². The van der Waals surface area contributed by atoms with E-state index in [9.17, 15) is 4.79 Å². The molecule has 0 fully saturated rings. The van der Waals surface area contributed by atoms with Gasteiger partial charge in [0.25, 0.3) is 0 Å². The van der Waals surface area contributed by atoms with Crippen molar-refractivity contribution < 1.29 is 33.6 Å². The lowest BCUT2D eigenvalue weighted by atomic mass is 10.7. The van der Waals surface area contributed by atoms with Crippen LogP contribution in [0.1, 0.15) is 0 Å². The molecule has 0 saturated carbocycles. The maximum Gasteiger partial charge on any atom is 0.329 e. The summed E-state index contributed by atoms with van der Waals surface area (Å²) in [6, 6.07) is 0. The van der Waals surface area contributed by atoms with Gasteiger partial charge in [-0.3, -0.25) is 0 Å². The zero-order valence-corrected chi connectivity index (χ0v) is 10.8. The molecule has 0 bridgehead atoms. The molecule has 7 heteroatoms. The second-order valence-corrected chi connectivity index (χ2v) is 3.28. The standard InChI is InChI=1S/C11H22O7/c1-14-2-3-15-4-5-16-6-7-17-8-9-18-10-11(12)13/h2-10H2,1H3,(H,12,13). The van der Waals surface area contributed by atoms with Crippen molar-refractivity contribution in [2.75, 3.05) is 66.6 Å². The van der Waals surface area contributed by atoms with E-state index in [0.29, 0.717) is 46.2 Å². The van der Waals surface area contributed by atoms with Crippen LogP contribution in [-0.4, -0.2) is 77.6 Å². The van der Waals surface area contributed by atoms with Gasteiger partial charge in [-0.25, -0.2) is 4.79 Å². The fraction of sp³-hybridized carbons (Fsp3) is 0.909. The molecule has 0 atom stereocenters. The van der Waals surface area contributed by atoms with Gasteiger partial charge in [0.2, 0.25) is 0 Å². The zero-order valence-electron chi connectivity index (χ0n) is 10.8. The van der Waals surface area contributed by atoms with Crippen molar-refractivity contribution in [3.63, 3.8) is 0 Å². The Morgan fingerprint density at radius 1 is 0.778 bits per heavy atom. The molecule has 1 N–H and O–H groups in total. The number of carboxylic acid groups (broad SMARTS) is 1. The molecule has 0 radical (unpaired) electrons. The summed E-state index contributed by atoms with van der Waals surface area (Å²) < 4.78 is 25.2. The Kier molecular flexibility index (Phi) is 13.8. The lowest BCUT2D eigenvalue weighted by Gasteiger charge is -2.06. The first-order valence-electron chi connectivity index (χ1n) is 5.79. The average Bonchev–Trinajstić information content (AvgIpc) is 2.34. The zero-order chi connectivity index (χ0) is 13.5. The minimum absolute atomic E-state index is 0.270. The highest BCUT2D eigenvalue weighted by Gasteiger charge is 1.96. The summed E-state index contributed by atoms with van der Waals surface area (Å²) in [5.74, 6) is -0.980. The quantitative estimate of drug-likeness (QED) is 0.435. The normalized spacial score (nSPS) is 10.7. The number of rotatable bonds is 14. The topological polar surface area (TPSA) is 83.5 Å². The van der Waals surface area contributed by atoms with E-state index in [4.69, 9.17) is 28.8 Å². The smallest absolute Gasteiger partial charge is 0.329 e. The first-order chi connectivity index (χ1) is 8.77. The third-order valence-corrected chi connectivity index (χ3v) is 1.77. The van der Waals surface area contributed by atoms with E-state index >= 15 is 0 Å². The van der Waals surface area contributed by atoms with Gasteiger partial charge in [-0.05, 0) is 0 Å². The number of aliphatic carboxylic acids is 1. The maximum absolute atomic E-state index is 10.1. The van der Waals surface area contributed by atoms with Gasteiger partial charge in [0.1, 0.15) is 6.61 Å². The Balaban J connectivity index is 2.92. The molecule has 0 unspecified atom stereocenters. The molecule has 0 amide bonds. The molecule has 0 spiro atoms. The van der Waals surface area contributed by atoms with Gasteiger partial charge >= 0.3 is 5.97 Å². The number of ether oxygens (including phenoxy) is 5. The van der Waals surface area contributed by atoms with E-state index in [0.717, 1.165) is 0 Å². The highest BCUT2D eigenvalue weighted by molar-refractivity contribution is 5.67. The molecule has 0 aliphatic rings. The van der Waals surface area contributed by atoms with Crippen molar-refractivity contribution in [1.29, 1.82) is 0 Å². The van der Waals surface area contributed by atoms with Crippen LogP contribution in [0, 0.1) is 0 Å². The van der Waals surface area contributed by atoms with E-state index in [1.54, 1.807) is 7.11 Å². The largest absolute Gasteiger partial charge is 0.480 e. The van der Waals surface area contributed by atoms with E-state index in [1.165, 1.54) is 0 Å². The Morgan fingerprint density at radius 2 is 1.17 bits per heavy atom. The minimum atomic E-state index is -0.980. The van der Waals surface area contributed by atoms with Crippen molar-refractivity contribution >= 4 is 5.97 Å². The predicted octanol–water partition coefficient (Wildman–Crippen LogP) is -0.216. The second kappa shape index (κ2) is 14.3. The fourth-order valence-corrected chi connectivity index (χ4v) is 0.961. The van der Waals surface area contributed by atoms with Crippen molar-refractivity contribution in [2.45, 2.75) is 0 Å². The van der Waals surface area contributed by atoms with Gasteiger partial charge in [-0.2, -0.15) is 0 Å². The predicted molar refractivity (Wildman–Crippen MR) is 62.8 cm³/mol.